The van der Waals surface area contributed by atoms with Crippen LogP contribution in [0.4, 0.5) is 5.69 Å². The fourth-order valence-corrected chi connectivity index (χ4v) is 2.60. The lowest BCUT2D eigenvalue weighted by Crippen LogP contribution is -2.12. The van der Waals surface area contributed by atoms with Gasteiger partial charge >= 0.3 is 0 Å². The van der Waals surface area contributed by atoms with E-state index in [1.54, 1.807) is 13.0 Å². The molecule has 5 nitrogen and oxygen atoms in total. The maximum Gasteiger partial charge on any atom is 0.256 e. The van der Waals surface area contributed by atoms with Crippen molar-refractivity contribution >= 4 is 22.9 Å². The van der Waals surface area contributed by atoms with Crippen LogP contribution in [-0.2, 0) is 6.42 Å². The third-order valence-electron chi connectivity index (χ3n) is 2.96. The van der Waals surface area contributed by atoms with Gasteiger partial charge in [-0.2, -0.15) is 16.3 Å². The van der Waals surface area contributed by atoms with Gasteiger partial charge in [-0.3, -0.25) is 4.79 Å². The second-order valence-electron chi connectivity index (χ2n) is 4.54. The summed E-state index contributed by atoms with van der Waals surface area (Å²) in [5.74, 6) is 1.01. The number of aryl methyl sites for hydroxylation is 1. The number of carbonyl (C=O) groups is 1. The van der Waals surface area contributed by atoms with Crippen molar-refractivity contribution in [1.29, 1.82) is 0 Å². The molecule has 0 bridgehead atoms. The van der Waals surface area contributed by atoms with Gasteiger partial charge in [0.05, 0.1) is 12.0 Å². The number of hydrogen-bond donors (Lipinski definition) is 1. The van der Waals surface area contributed by atoms with Crippen molar-refractivity contribution in [3.8, 4) is 0 Å². The fourth-order valence-electron chi connectivity index (χ4n) is 1.96. The van der Waals surface area contributed by atoms with Crippen molar-refractivity contribution in [2.45, 2.75) is 13.3 Å². The largest absolute Gasteiger partial charge is 0.339 e. The first kappa shape index (κ1) is 13.5. The van der Waals surface area contributed by atoms with Gasteiger partial charge in [-0.05, 0) is 30.0 Å². The third kappa shape index (κ3) is 3.17. The first-order valence-corrected chi connectivity index (χ1v) is 7.37. The summed E-state index contributed by atoms with van der Waals surface area (Å²) in [6, 6.07) is 9.39. The van der Waals surface area contributed by atoms with Crippen LogP contribution in [0, 0.1) is 6.92 Å². The molecule has 106 valence electrons. The average molecular weight is 299 g/mol. The van der Waals surface area contributed by atoms with Gasteiger partial charge in [-0.15, -0.1) is 0 Å². The molecule has 2 aromatic heterocycles. The zero-order chi connectivity index (χ0) is 14.7. The van der Waals surface area contributed by atoms with E-state index < -0.39 is 0 Å². The molecular formula is C15H13N3O2S. The number of nitrogens with one attached hydrogen (secondary N) is 1. The molecule has 0 spiro atoms. The Kier molecular flexibility index (Phi) is 3.79. The van der Waals surface area contributed by atoms with Gasteiger partial charge in [0.15, 0.2) is 5.82 Å². The van der Waals surface area contributed by atoms with Crippen LogP contribution < -0.4 is 5.32 Å². The Bertz CT molecular complexity index is 750. The molecule has 1 aromatic carbocycles. The minimum absolute atomic E-state index is 0.120. The monoisotopic (exact) mass is 299 g/mol. The lowest BCUT2D eigenvalue weighted by atomic mass is 10.1. The van der Waals surface area contributed by atoms with Crippen LogP contribution in [0.25, 0.3) is 0 Å². The molecule has 2 heterocycles. The van der Waals surface area contributed by atoms with Crippen LogP contribution in [0.3, 0.4) is 0 Å². The molecule has 0 unspecified atom stereocenters. The van der Waals surface area contributed by atoms with E-state index in [0.29, 0.717) is 23.7 Å². The zero-order valence-corrected chi connectivity index (χ0v) is 12.2. The maximum atomic E-state index is 12.1. The number of anilines is 1. The topological polar surface area (TPSA) is 68.0 Å². The quantitative estimate of drug-likeness (QED) is 0.802. The summed E-state index contributed by atoms with van der Waals surface area (Å²) in [4.78, 5) is 16.3. The predicted molar refractivity (Wildman–Crippen MR) is 80.6 cm³/mol. The van der Waals surface area contributed by atoms with Crippen molar-refractivity contribution < 1.29 is 9.32 Å². The van der Waals surface area contributed by atoms with Gasteiger partial charge in [0.2, 0.25) is 5.89 Å². The normalized spacial score (nSPS) is 10.5. The number of amides is 1. The Balaban J connectivity index is 1.81. The van der Waals surface area contributed by atoms with E-state index in [1.807, 2.05) is 35.0 Å². The van der Waals surface area contributed by atoms with Crippen molar-refractivity contribution in [2.24, 2.45) is 0 Å². The molecule has 6 heteroatoms. The van der Waals surface area contributed by atoms with Crippen molar-refractivity contribution in [1.82, 2.24) is 10.1 Å². The van der Waals surface area contributed by atoms with E-state index in [4.69, 9.17) is 4.52 Å². The number of thiophene rings is 1. The molecule has 0 aliphatic heterocycles. The Morgan fingerprint density at radius 3 is 2.90 bits per heavy atom. The maximum absolute atomic E-state index is 12.1. The van der Waals surface area contributed by atoms with Crippen molar-refractivity contribution in [3.05, 3.63) is 63.9 Å². The summed E-state index contributed by atoms with van der Waals surface area (Å²) in [6.07, 6.45) is 0.487. The summed E-state index contributed by atoms with van der Waals surface area (Å²) < 4.78 is 5.13. The molecule has 0 fully saturated rings. The smallest absolute Gasteiger partial charge is 0.256 e. The summed E-state index contributed by atoms with van der Waals surface area (Å²) in [5, 5.41) is 10.4. The average Bonchev–Trinajstić information content (AvgIpc) is 3.13. The first-order chi connectivity index (χ1) is 10.2. The number of rotatable bonds is 4. The molecule has 0 aliphatic rings. The first-order valence-electron chi connectivity index (χ1n) is 6.43. The van der Waals surface area contributed by atoms with E-state index in [2.05, 4.69) is 15.5 Å². The molecule has 0 aliphatic carbocycles. The van der Waals surface area contributed by atoms with Gasteiger partial charge in [-0.1, -0.05) is 23.4 Å². The molecule has 3 rings (SSSR count). The Morgan fingerprint density at radius 1 is 1.33 bits per heavy atom. The molecule has 21 heavy (non-hydrogen) atoms. The van der Waals surface area contributed by atoms with E-state index in [1.165, 1.54) is 11.3 Å². The van der Waals surface area contributed by atoms with Gasteiger partial charge in [0, 0.05) is 11.1 Å². The highest BCUT2D eigenvalue weighted by atomic mass is 32.1. The van der Waals surface area contributed by atoms with Crippen LogP contribution in [0.15, 0.2) is 45.6 Å². The minimum Gasteiger partial charge on any atom is -0.339 e. The highest BCUT2D eigenvalue weighted by Crippen LogP contribution is 2.19. The SMILES string of the molecule is Cc1noc(Cc2ccccc2NC(=O)c2ccsc2)n1. The van der Waals surface area contributed by atoms with Crippen LogP contribution in [-0.4, -0.2) is 16.0 Å². The Morgan fingerprint density at radius 2 is 2.19 bits per heavy atom. The molecule has 0 saturated carbocycles. The molecule has 1 amide bonds. The van der Waals surface area contributed by atoms with Crippen LogP contribution in [0.1, 0.15) is 27.6 Å². The van der Waals surface area contributed by atoms with E-state index in [9.17, 15) is 4.79 Å². The number of carbonyl (C=O) groups excluding carboxylic acids is 1. The van der Waals surface area contributed by atoms with Crippen molar-refractivity contribution in [3.63, 3.8) is 0 Å². The van der Waals surface area contributed by atoms with Gasteiger partial charge in [0.1, 0.15) is 0 Å². The molecule has 1 N–H and O–H groups in total. The summed E-state index contributed by atoms with van der Waals surface area (Å²) in [6.45, 7) is 1.78. The summed E-state index contributed by atoms with van der Waals surface area (Å²) in [5.41, 5.74) is 2.35. The molecule has 0 saturated heterocycles. The molecule has 0 atom stereocenters. The number of aromatic nitrogens is 2. The highest BCUT2D eigenvalue weighted by molar-refractivity contribution is 7.08. The van der Waals surface area contributed by atoms with Crippen LogP contribution in [0.2, 0.25) is 0 Å². The number of hydrogen-bond acceptors (Lipinski definition) is 5. The molecule has 3 aromatic rings. The number of para-hydroxylation sites is 1. The summed E-state index contributed by atoms with van der Waals surface area (Å²) >= 11 is 1.49. The van der Waals surface area contributed by atoms with E-state index >= 15 is 0 Å². The summed E-state index contributed by atoms with van der Waals surface area (Å²) in [7, 11) is 0. The molecule has 0 radical (unpaired) electrons. The standard InChI is InChI=1S/C15H13N3O2S/c1-10-16-14(20-18-10)8-11-4-2-3-5-13(11)17-15(19)12-6-7-21-9-12/h2-7,9H,8H2,1H3,(H,17,19). The van der Waals surface area contributed by atoms with E-state index in [-0.39, 0.29) is 5.91 Å². The van der Waals surface area contributed by atoms with Crippen molar-refractivity contribution in [2.75, 3.05) is 5.32 Å². The molecular weight excluding hydrogens is 286 g/mol. The minimum atomic E-state index is -0.120. The Hall–Kier alpha value is -2.47. The Labute approximate surface area is 125 Å². The number of benzene rings is 1. The number of nitrogens with zero attached hydrogens (tertiary/aromatic N) is 2. The van der Waals surface area contributed by atoms with Crippen LogP contribution >= 0.6 is 11.3 Å². The van der Waals surface area contributed by atoms with Crippen LogP contribution in [0.5, 0.6) is 0 Å². The van der Waals surface area contributed by atoms with Gasteiger partial charge < -0.3 is 9.84 Å². The van der Waals surface area contributed by atoms with Gasteiger partial charge in [-0.25, -0.2) is 0 Å². The van der Waals surface area contributed by atoms with Gasteiger partial charge in [0.25, 0.3) is 5.91 Å². The predicted octanol–water partition coefficient (Wildman–Crippen LogP) is 3.28. The lowest BCUT2D eigenvalue weighted by Gasteiger charge is -2.08. The second kappa shape index (κ2) is 5.88. The lowest BCUT2D eigenvalue weighted by molar-refractivity contribution is 0.102. The van der Waals surface area contributed by atoms with E-state index in [0.717, 1.165) is 11.3 Å². The third-order valence-corrected chi connectivity index (χ3v) is 3.64. The zero-order valence-electron chi connectivity index (χ0n) is 11.4. The fraction of sp³-hybridized carbons (Fsp3) is 0.133. The highest BCUT2D eigenvalue weighted by Gasteiger charge is 2.11. The second-order valence-corrected chi connectivity index (χ2v) is 5.32.